The summed E-state index contributed by atoms with van der Waals surface area (Å²) in [4.78, 5) is 34.9. The lowest BCUT2D eigenvalue weighted by Crippen LogP contribution is -2.26. The first-order chi connectivity index (χ1) is 15.6. The molecule has 3 heterocycles. The van der Waals surface area contributed by atoms with Crippen molar-refractivity contribution in [3.63, 3.8) is 0 Å². The summed E-state index contributed by atoms with van der Waals surface area (Å²) in [6.45, 7) is 6.53. The van der Waals surface area contributed by atoms with Gasteiger partial charge in [-0.25, -0.2) is 9.97 Å². The van der Waals surface area contributed by atoms with Crippen LogP contribution in [0.5, 0.6) is 0 Å². The molecule has 0 fully saturated rings. The van der Waals surface area contributed by atoms with E-state index in [2.05, 4.69) is 21.9 Å². The van der Waals surface area contributed by atoms with Crippen molar-refractivity contribution in [1.82, 2.24) is 19.9 Å². The van der Waals surface area contributed by atoms with Crippen molar-refractivity contribution in [1.29, 1.82) is 0 Å². The summed E-state index contributed by atoms with van der Waals surface area (Å²) in [6, 6.07) is 9.95. The fraction of sp³-hybridized carbons (Fsp3) is 0.217. The Balaban J connectivity index is 1.41. The Bertz CT molecular complexity index is 1310. The van der Waals surface area contributed by atoms with E-state index < -0.39 is 0 Å². The second kappa shape index (κ2) is 9.97. The van der Waals surface area contributed by atoms with Crippen LogP contribution >= 0.6 is 23.1 Å². The van der Waals surface area contributed by atoms with E-state index in [9.17, 15) is 9.59 Å². The topological polar surface area (TPSA) is 90.0 Å². The number of fused-ring (bicyclic) bond motifs is 1. The molecule has 1 aromatic carbocycles. The quantitative estimate of drug-likeness (QED) is 0.226. The normalized spacial score (nSPS) is 11.0. The predicted molar refractivity (Wildman–Crippen MR) is 127 cm³/mol. The van der Waals surface area contributed by atoms with Crippen molar-refractivity contribution in [2.75, 3.05) is 6.54 Å². The third-order valence-electron chi connectivity index (χ3n) is 4.81. The maximum Gasteiger partial charge on any atom is 0.273 e. The summed E-state index contributed by atoms with van der Waals surface area (Å²) in [6.07, 6.45) is 3.76. The number of nitrogens with zero attached hydrogens (tertiary/aromatic N) is 3. The molecule has 0 saturated carbocycles. The Morgan fingerprint density at radius 2 is 2.12 bits per heavy atom. The first-order valence-corrected chi connectivity index (χ1v) is 11.9. The molecule has 0 saturated heterocycles. The number of aromatic nitrogens is 3. The number of carbonyl (C=O) groups excluding carboxylic acids is 1. The van der Waals surface area contributed by atoms with Crippen LogP contribution in [0.3, 0.4) is 0 Å². The second-order valence-electron chi connectivity index (χ2n) is 7.10. The van der Waals surface area contributed by atoms with E-state index in [1.54, 1.807) is 10.6 Å². The predicted octanol–water partition coefficient (Wildman–Crippen LogP) is 4.21. The van der Waals surface area contributed by atoms with Gasteiger partial charge in [0.15, 0.2) is 10.9 Å². The molecule has 1 N–H and O–H groups in total. The zero-order valence-electron chi connectivity index (χ0n) is 17.5. The number of thiophene rings is 1. The Morgan fingerprint density at radius 1 is 1.31 bits per heavy atom. The van der Waals surface area contributed by atoms with Gasteiger partial charge in [0, 0.05) is 13.1 Å². The van der Waals surface area contributed by atoms with Crippen molar-refractivity contribution < 1.29 is 9.21 Å². The van der Waals surface area contributed by atoms with E-state index >= 15 is 0 Å². The van der Waals surface area contributed by atoms with Gasteiger partial charge in [0.05, 0.1) is 11.1 Å². The number of oxazole rings is 1. The third-order valence-corrected chi connectivity index (χ3v) is 6.76. The van der Waals surface area contributed by atoms with Crippen molar-refractivity contribution in [3.05, 3.63) is 87.7 Å². The van der Waals surface area contributed by atoms with Crippen molar-refractivity contribution in [3.8, 4) is 0 Å². The maximum atomic E-state index is 12.9. The minimum Gasteiger partial charge on any atom is -0.447 e. The molecule has 9 heteroatoms. The summed E-state index contributed by atoms with van der Waals surface area (Å²) in [5.74, 6) is 0.458. The zero-order valence-corrected chi connectivity index (χ0v) is 19.2. The van der Waals surface area contributed by atoms with Crippen molar-refractivity contribution in [2.24, 2.45) is 0 Å². The average Bonchev–Trinajstić information content (AvgIpc) is 3.42. The van der Waals surface area contributed by atoms with Crippen LogP contribution in [0.1, 0.15) is 27.5 Å². The summed E-state index contributed by atoms with van der Waals surface area (Å²) >= 11 is 2.79. The Hall–Kier alpha value is -3.17. The van der Waals surface area contributed by atoms with E-state index in [0.717, 1.165) is 17.5 Å². The van der Waals surface area contributed by atoms with E-state index in [1.807, 2.05) is 42.6 Å². The van der Waals surface area contributed by atoms with Crippen LogP contribution in [0, 0.1) is 6.92 Å². The molecule has 0 aliphatic heterocycles. The summed E-state index contributed by atoms with van der Waals surface area (Å²) in [5, 5.41) is 6.00. The first-order valence-electron chi connectivity index (χ1n) is 10.1. The van der Waals surface area contributed by atoms with E-state index in [0.29, 0.717) is 40.1 Å². The molecule has 4 aromatic rings. The van der Waals surface area contributed by atoms with Gasteiger partial charge in [0.1, 0.15) is 11.1 Å². The zero-order chi connectivity index (χ0) is 22.5. The lowest BCUT2D eigenvalue weighted by atomic mass is 10.1. The number of benzene rings is 1. The van der Waals surface area contributed by atoms with Crippen LogP contribution in [-0.4, -0.2) is 27.0 Å². The number of nitrogens with one attached hydrogen (secondary N) is 1. The maximum absolute atomic E-state index is 12.9. The fourth-order valence-electron chi connectivity index (χ4n) is 3.21. The number of aryl methyl sites for hydroxylation is 1. The molecule has 7 nitrogen and oxygen atoms in total. The molecule has 0 aliphatic carbocycles. The Morgan fingerprint density at radius 3 is 2.91 bits per heavy atom. The summed E-state index contributed by atoms with van der Waals surface area (Å²) in [5.41, 5.74) is 2.23. The third kappa shape index (κ3) is 4.84. The molecule has 32 heavy (non-hydrogen) atoms. The van der Waals surface area contributed by atoms with E-state index in [1.165, 1.54) is 29.4 Å². The highest BCUT2D eigenvalue weighted by molar-refractivity contribution is 7.98. The number of hydrogen-bond donors (Lipinski definition) is 1. The molecule has 1 amide bonds. The van der Waals surface area contributed by atoms with E-state index in [-0.39, 0.29) is 17.2 Å². The fourth-order valence-corrected chi connectivity index (χ4v) is 5.03. The van der Waals surface area contributed by atoms with Crippen molar-refractivity contribution >= 4 is 39.2 Å². The molecule has 0 spiro atoms. The number of thioether (sulfide) groups is 1. The first kappa shape index (κ1) is 22.0. The van der Waals surface area contributed by atoms with Gasteiger partial charge >= 0.3 is 0 Å². The minimum absolute atomic E-state index is 0.0814. The van der Waals surface area contributed by atoms with Gasteiger partial charge in [-0.2, -0.15) is 0 Å². The van der Waals surface area contributed by atoms with E-state index in [4.69, 9.17) is 4.42 Å². The monoisotopic (exact) mass is 466 g/mol. The number of amides is 1. The van der Waals surface area contributed by atoms with Crippen LogP contribution in [-0.2, 0) is 18.7 Å². The highest BCUT2D eigenvalue weighted by Gasteiger charge is 2.16. The Kier molecular flexibility index (Phi) is 6.87. The molecule has 0 unspecified atom stereocenters. The molecular formula is C23H22N4O3S2. The molecule has 0 atom stereocenters. The van der Waals surface area contributed by atoms with Crippen LogP contribution < -0.4 is 10.9 Å². The van der Waals surface area contributed by atoms with Crippen LogP contribution in [0.15, 0.2) is 69.0 Å². The highest BCUT2D eigenvalue weighted by atomic mass is 32.2. The second-order valence-corrected chi connectivity index (χ2v) is 8.90. The number of hydrogen-bond acceptors (Lipinski definition) is 7. The van der Waals surface area contributed by atoms with Gasteiger partial charge in [0.25, 0.3) is 11.5 Å². The minimum atomic E-state index is -0.280. The van der Waals surface area contributed by atoms with Gasteiger partial charge < -0.3 is 9.73 Å². The number of carbonyl (C=O) groups is 1. The molecular weight excluding hydrogens is 444 g/mol. The van der Waals surface area contributed by atoms with Gasteiger partial charge in [0.2, 0.25) is 5.89 Å². The molecule has 164 valence electrons. The SMILES string of the molecule is C=CCn1c(SCc2nc(C(=O)NCCc3ccccc3)co2)nc2scc(C)c2c1=O. The summed E-state index contributed by atoms with van der Waals surface area (Å²) < 4.78 is 7.07. The Labute approximate surface area is 193 Å². The smallest absolute Gasteiger partial charge is 0.273 e. The van der Waals surface area contributed by atoms with Crippen LogP contribution in [0.4, 0.5) is 0 Å². The molecule has 0 radical (unpaired) electrons. The van der Waals surface area contributed by atoms with Gasteiger partial charge in [-0.1, -0.05) is 48.2 Å². The van der Waals surface area contributed by atoms with Gasteiger partial charge in [-0.15, -0.1) is 17.9 Å². The van der Waals surface area contributed by atoms with Crippen LogP contribution in [0.2, 0.25) is 0 Å². The number of rotatable bonds is 9. The van der Waals surface area contributed by atoms with Crippen LogP contribution in [0.25, 0.3) is 10.2 Å². The standard InChI is InChI=1S/C23H22N4O3S2/c1-3-11-27-22(29)19-15(2)13-31-21(19)26-23(27)32-14-18-25-17(12-30-18)20(28)24-10-9-16-7-5-4-6-8-16/h3-8,12-13H,1,9-11,14H2,2H3,(H,24,28). The van der Waals surface area contributed by atoms with Gasteiger partial charge in [-0.05, 0) is 29.9 Å². The highest BCUT2D eigenvalue weighted by Crippen LogP contribution is 2.26. The molecule has 4 rings (SSSR count). The van der Waals surface area contributed by atoms with Gasteiger partial charge in [-0.3, -0.25) is 14.2 Å². The largest absolute Gasteiger partial charge is 0.447 e. The average molecular weight is 467 g/mol. The van der Waals surface area contributed by atoms with Crippen molar-refractivity contribution in [2.45, 2.75) is 30.8 Å². The number of allylic oxidation sites excluding steroid dienone is 1. The molecule has 0 bridgehead atoms. The lowest BCUT2D eigenvalue weighted by molar-refractivity contribution is 0.0949. The lowest BCUT2D eigenvalue weighted by Gasteiger charge is -2.09. The molecule has 0 aliphatic rings. The summed E-state index contributed by atoms with van der Waals surface area (Å²) in [7, 11) is 0. The molecule has 3 aromatic heterocycles.